The number of rotatable bonds is 5. The number of hydrogen-bond donors (Lipinski definition) is 1. The van der Waals surface area contributed by atoms with Crippen LogP contribution >= 0.6 is 0 Å². The molecule has 0 radical (unpaired) electrons. The minimum absolute atomic E-state index is 0.0553. The zero-order valence-electron chi connectivity index (χ0n) is 15.6. The summed E-state index contributed by atoms with van der Waals surface area (Å²) in [6.45, 7) is 5.24. The molecule has 6 heteroatoms. The lowest BCUT2D eigenvalue weighted by Crippen LogP contribution is -2.47. The molecule has 26 heavy (non-hydrogen) atoms. The lowest BCUT2D eigenvalue weighted by molar-refractivity contribution is -0.158. The maximum atomic E-state index is 12.6. The van der Waals surface area contributed by atoms with Crippen molar-refractivity contribution < 1.29 is 23.9 Å². The summed E-state index contributed by atoms with van der Waals surface area (Å²) in [5.41, 5.74) is 0.199. The molecular weight excluding hydrogens is 334 g/mol. The number of alkyl carbamates (subject to hydrolysis) is 1. The molecule has 0 heterocycles. The largest absolute Gasteiger partial charge is 0.453 e. The van der Waals surface area contributed by atoms with Gasteiger partial charge in [-0.1, -0.05) is 30.3 Å². The molecule has 2 rings (SSSR count). The molecule has 0 spiro atoms. The summed E-state index contributed by atoms with van der Waals surface area (Å²) < 4.78 is 10.7. The number of amides is 1. The maximum Gasteiger partial charge on any atom is 0.408 e. The van der Waals surface area contributed by atoms with Crippen molar-refractivity contribution >= 4 is 17.8 Å². The van der Waals surface area contributed by atoms with Crippen molar-refractivity contribution in [1.29, 1.82) is 0 Å². The number of benzene rings is 1. The fraction of sp³-hybridized carbons (Fsp3) is 0.550. The average molecular weight is 361 g/mol. The highest BCUT2D eigenvalue weighted by Crippen LogP contribution is 2.18. The van der Waals surface area contributed by atoms with Crippen LogP contribution in [0.5, 0.6) is 0 Å². The smallest absolute Gasteiger partial charge is 0.408 e. The van der Waals surface area contributed by atoms with Gasteiger partial charge >= 0.3 is 12.1 Å². The number of hydrogen-bond acceptors (Lipinski definition) is 5. The molecular formula is C20H27NO5. The second kappa shape index (κ2) is 8.83. The van der Waals surface area contributed by atoms with Crippen molar-refractivity contribution in [1.82, 2.24) is 5.32 Å². The summed E-state index contributed by atoms with van der Waals surface area (Å²) >= 11 is 0. The van der Waals surface area contributed by atoms with E-state index in [1.54, 1.807) is 20.8 Å². The van der Waals surface area contributed by atoms with Crippen LogP contribution in [0.25, 0.3) is 0 Å². The number of nitrogens with one attached hydrogen (secondary N) is 1. The Kier molecular flexibility index (Phi) is 6.77. The Hall–Kier alpha value is -2.37. The summed E-state index contributed by atoms with van der Waals surface area (Å²) in [5, 5.41) is 2.58. The van der Waals surface area contributed by atoms with Gasteiger partial charge in [0, 0.05) is 12.8 Å². The van der Waals surface area contributed by atoms with Gasteiger partial charge in [-0.25, -0.2) is 9.59 Å². The Bertz CT molecular complexity index is 635. The molecule has 6 nitrogen and oxygen atoms in total. The Morgan fingerprint density at radius 2 is 1.88 bits per heavy atom. The average Bonchev–Trinajstić information content (AvgIpc) is 2.55. The quantitative estimate of drug-likeness (QED) is 0.815. The van der Waals surface area contributed by atoms with Crippen LogP contribution in [0.3, 0.4) is 0 Å². The number of ketones is 1. The van der Waals surface area contributed by atoms with Crippen LogP contribution in [-0.4, -0.2) is 35.6 Å². The second-order valence-electron chi connectivity index (χ2n) is 7.53. The van der Waals surface area contributed by atoms with Gasteiger partial charge in [0.15, 0.2) is 11.9 Å². The molecule has 1 N–H and O–H groups in total. The highest BCUT2D eigenvalue weighted by atomic mass is 16.6. The third-order valence-corrected chi connectivity index (χ3v) is 4.02. The first-order valence-electron chi connectivity index (χ1n) is 9.01. The molecule has 1 amide bonds. The van der Waals surface area contributed by atoms with Gasteiger partial charge in [0.1, 0.15) is 11.6 Å². The van der Waals surface area contributed by atoms with E-state index in [1.165, 1.54) is 0 Å². The van der Waals surface area contributed by atoms with Crippen LogP contribution in [-0.2, 0) is 25.5 Å². The highest BCUT2D eigenvalue weighted by molar-refractivity contribution is 5.88. The third kappa shape index (κ3) is 6.50. The summed E-state index contributed by atoms with van der Waals surface area (Å²) in [4.78, 5) is 36.7. The van der Waals surface area contributed by atoms with Crippen LogP contribution in [0.1, 0.15) is 52.0 Å². The number of ether oxygens (including phenoxy) is 2. The monoisotopic (exact) mass is 361 g/mol. The summed E-state index contributed by atoms with van der Waals surface area (Å²) in [6.07, 6.45) is 1.51. The standard InChI is InChI=1S/C20H27NO5/c1-20(2,3)26-19(24)21-15(13-14-9-5-4-6-10-14)18(23)25-17-12-8-7-11-16(17)22/h4-6,9-10,15,17H,7-8,11-13H2,1-3H3,(H,21,24)/t15-,17?/m0/s1. The van der Waals surface area contributed by atoms with Gasteiger partial charge < -0.3 is 14.8 Å². The van der Waals surface area contributed by atoms with Gasteiger partial charge in [-0.05, 0) is 45.6 Å². The van der Waals surface area contributed by atoms with Gasteiger partial charge in [0.2, 0.25) is 0 Å². The van der Waals surface area contributed by atoms with E-state index in [4.69, 9.17) is 9.47 Å². The molecule has 1 aromatic carbocycles. The van der Waals surface area contributed by atoms with E-state index in [9.17, 15) is 14.4 Å². The molecule has 1 aliphatic carbocycles. The lowest BCUT2D eigenvalue weighted by Gasteiger charge is -2.25. The fourth-order valence-corrected chi connectivity index (χ4v) is 2.79. The normalized spacial score (nSPS) is 18.7. The first kappa shape index (κ1) is 19.9. The van der Waals surface area contributed by atoms with Crippen LogP contribution < -0.4 is 5.32 Å². The van der Waals surface area contributed by atoms with Gasteiger partial charge in [-0.2, -0.15) is 0 Å². The number of esters is 1. The van der Waals surface area contributed by atoms with Crippen molar-refractivity contribution in [3.63, 3.8) is 0 Å². The third-order valence-electron chi connectivity index (χ3n) is 4.02. The van der Waals surface area contributed by atoms with E-state index in [2.05, 4.69) is 5.32 Å². The molecule has 1 aromatic rings. The molecule has 1 saturated carbocycles. The molecule has 0 bridgehead atoms. The zero-order valence-corrected chi connectivity index (χ0v) is 15.6. The minimum atomic E-state index is -0.915. The van der Waals surface area contributed by atoms with Crippen LogP contribution in [0.2, 0.25) is 0 Å². The van der Waals surface area contributed by atoms with Crippen molar-refractivity contribution in [2.75, 3.05) is 0 Å². The maximum absolute atomic E-state index is 12.6. The van der Waals surface area contributed by atoms with Gasteiger partial charge in [0.05, 0.1) is 0 Å². The van der Waals surface area contributed by atoms with Crippen molar-refractivity contribution in [2.45, 2.75) is 70.6 Å². The Morgan fingerprint density at radius 3 is 2.50 bits per heavy atom. The number of carbonyl (C=O) groups is 3. The van der Waals surface area contributed by atoms with E-state index in [1.807, 2.05) is 30.3 Å². The van der Waals surface area contributed by atoms with Gasteiger partial charge in [0.25, 0.3) is 0 Å². The Morgan fingerprint density at radius 1 is 1.19 bits per heavy atom. The zero-order chi connectivity index (χ0) is 19.2. The van der Waals surface area contributed by atoms with Crippen LogP contribution in [0, 0.1) is 0 Å². The van der Waals surface area contributed by atoms with E-state index in [-0.39, 0.29) is 12.2 Å². The van der Waals surface area contributed by atoms with Gasteiger partial charge in [-0.3, -0.25) is 4.79 Å². The molecule has 0 aliphatic heterocycles. The Balaban J connectivity index is 2.06. The fourth-order valence-electron chi connectivity index (χ4n) is 2.79. The first-order chi connectivity index (χ1) is 12.2. The molecule has 1 unspecified atom stereocenters. The van der Waals surface area contributed by atoms with E-state index in [0.29, 0.717) is 12.8 Å². The van der Waals surface area contributed by atoms with Crippen molar-refractivity contribution in [2.24, 2.45) is 0 Å². The SMILES string of the molecule is CC(C)(C)OC(=O)N[C@@H](Cc1ccccc1)C(=O)OC1CCCCC1=O. The molecule has 1 aliphatic rings. The van der Waals surface area contributed by atoms with E-state index < -0.39 is 29.8 Å². The lowest BCUT2D eigenvalue weighted by atomic mass is 9.96. The van der Waals surface area contributed by atoms with E-state index in [0.717, 1.165) is 18.4 Å². The summed E-state index contributed by atoms with van der Waals surface area (Å²) in [5.74, 6) is -0.666. The predicted octanol–water partition coefficient (Wildman–Crippen LogP) is 3.18. The minimum Gasteiger partial charge on any atom is -0.453 e. The number of Topliss-reactive ketones (excluding diaryl/α,β-unsaturated/α-hetero) is 1. The second-order valence-corrected chi connectivity index (χ2v) is 7.53. The van der Waals surface area contributed by atoms with Crippen LogP contribution in [0.15, 0.2) is 30.3 Å². The van der Waals surface area contributed by atoms with Crippen LogP contribution in [0.4, 0.5) is 4.79 Å². The topological polar surface area (TPSA) is 81.7 Å². The number of carbonyl (C=O) groups excluding carboxylic acids is 3. The van der Waals surface area contributed by atoms with E-state index >= 15 is 0 Å². The highest BCUT2D eigenvalue weighted by Gasteiger charge is 2.31. The molecule has 2 atom stereocenters. The Labute approximate surface area is 154 Å². The first-order valence-corrected chi connectivity index (χ1v) is 9.01. The van der Waals surface area contributed by atoms with Crippen molar-refractivity contribution in [3.8, 4) is 0 Å². The summed E-state index contributed by atoms with van der Waals surface area (Å²) in [6, 6.07) is 8.40. The van der Waals surface area contributed by atoms with Gasteiger partial charge in [-0.15, -0.1) is 0 Å². The molecule has 142 valence electrons. The summed E-state index contributed by atoms with van der Waals surface area (Å²) in [7, 11) is 0. The van der Waals surface area contributed by atoms with Crippen molar-refractivity contribution in [3.05, 3.63) is 35.9 Å². The predicted molar refractivity (Wildman–Crippen MR) is 96.7 cm³/mol. The molecule has 0 saturated heterocycles. The molecule has 1 fully saturated rings. The molecule has 0 aromatic heterocycles.